The second-order valence-corrected chi connectivity index (χ2v) is 3.72. The van der Waals surface area contributed by atoms with Crippen LogP contribution in [0.5, 0.6) is 0 Å². The van der Waals surface area contributed by atoms with E-state index in [2.05, 4.69) is 4.98 Å². The third kappa shape index (κ3) is 2.13. The quantitative estimate of drug-likeness (QED) is 0.772. The maximum Gasteiger partial charge on any atom is 0.456 e. The van der Waals surface area contributed by atoms with E-state index < -0.39 is 17.7 Å². The van der Waals surface area contributed by atoms with E-state index in [0.29, 0.717) is 11.4 Å². The Labute approximate surface area is 101 Å². The van der Waals surface area contributed by atoms with Crippen LogP contribution >= 0.6 is 0 Å². The zero-order valence-corrected chi connectivity index (χ0v) is 9.40. The monoisotopic (exact) mass is 254 g/mol. The molecule has 1 heterocycles. The maximum atomic E-state index is 12.3. The minimum atomic E-state index is -4.89. The Bertz CT molecular complexity index is 573. The summed E-state index contributed by atoms with van der Waals surface area (Å²) in [4.78, 5) is 15.0. The molecule has 2 rings (SSSR count). The number of alkyl halides is 3. The van der Waals surface area contributed by atoms with Crippen molar-refractivity contribution in [3.8, 4) is 11.4 Å². The number of halogens is 3. The van der Waals surface area contributed by atoms with Crippen LogP contribution in [0, 0.1) is 0 Å². The van der Waals surface area contributed by atoms with Crippen molar-refractivity contribution in [2.24, 2.45) is 7.05 Å². The molecule has 0 amide bonds. The number of ketones is 1. The van der Waals surface area contributed by atoms with Crippen LogP contribution in [0.3, 0.4) is 0 Å². The first-order valence-electron chi connectivity index (χ1n) is 5.10. The Morgan fingerprint density at radius 1 is 1.22 bits per heavy atom. The first-order chi connectivity index (χ1) is 8.41. The summed E-state index contributed by atoms with van der Waals surface area (Å²) < 4.78 is 38.2. The highest BCUT2D eigenvalue weighted by Crippen LogP contribution is 2.24. The summed E-state index contributed by atoms with van der Waals surface area (Å²) in [5.74, 6) is -1.57. The number of hydrogen-bond donors (Lipinski definition) is 0. The van der Waals surface area contributed by atoms with Gasteiger partial charge in [-0.05, 0) is 0 Å². The summed E-state index contributed by atoms with van der Waals surface area (Å²) in [6, 6.07) is 8.70. The Morgan fingerprint density at radius 3 is 2.39 bits per heavy atom. The Kier molecular flexibility index (Phi) is 2.94. The second-order valence-electron chi connectivity index (χ2n) is 3.72. The van der Waals surface area contributed by atoms with Gasteiger partial charge in [0, 0.05) is 12.6 Å². The molecule has 0 fully saturated rings. The van der Waals surface area contributed by atoms with E-state index in [0.717, 1.165) is 10.8 Å². The van der Waals surface area contributed by atoms with E-state index in [9.17, 15) is 18.0 Å². The molecule has 18 heavy (non-hydrogen) atoms. The fraction of sp³-hybridized carbons (Fsp3) is 0.167. The van der Waals surface area contributed by atoms with Gasteiger partial charge in [0.1, 0.15) is 11.5 Å². The number of benzene rings is 1. The molecule has 3 nitrogen and oxygen atoms in total. The van der Waals surface area contributed by atoms with E-state index in [1.807, 2.05) is 0 Å². The molecule has 0 aliphatic rings. The maximum absolute atomic E-state index is 12.3. The van der Waals surface area contributed by atoms with Crippen LogP contribution < -0.4 is 0 Å². The van der Waals surface area contributed by atoms with Crippen LogP contribution in [-0.4, -0.2) is 21.5 Å². The molecular formula is C12H9F3N2O. The van der Waals surface area contributed by atoms with Gasteiger partial charge >= 0.3 is 6.18 Å². The van der Waals surface area contributed by atoms with E-state index in [-0.39, 0.29) is 0 Å². The van der Waals surface area contributed by atoms with Crippen LogP contribution in [-0.2, 0) is 7.05 Å². The van der Waals surface area contributed by atoms with Gasteiger partial charge in [0.2, 0.25) is 0 Å². The highest BCUT2D eigenvalue weighted by molar-refractivity contribution is 5.99. The van der Waals surface area contributed by atoms with Crippen LogP contribution in [0.25, 0.3) is 11.4 Å². The van der Waals surface area contributed by atoms with Crippen molar-refractivity contribution in [1.82, 2.24) is 9.55 Å². The van der Waals surface area contributed by atoms with Crippen molar-refractivity contribution in [2.75, 3.05) is 0 Å². The van der Waals surface area contributed by atoms with Gasteiger partial charge in [0.05, 0.1) is 6.20 Å². The molecule has 0 saturated carbocycles. The molecule has 1 aromatic carbocycles. The average Bonchev–Trinajstić information content (AvgIpc) is 2.70. The topological polar surface area (TPSA) is 34.9 Å². The van der Waals surface area contributed by atoms with E-state index >= 15 is 0 Å². The van der Waals surface area contributed by atoms with Crippen LogP contribution in [0.15, 0.2) is 36.5 Å². The molecular weight excluding hydrogens is 245 g/mol. The van der Waals surface area contributed by atoms with Gasteiger partial charge in [0.15, 0.2) is 0 Å². The summed E-state index contributed by atoms with van der Waals surface area (Å²) in [6.07, 6.45) is -3.94. The lowest BCUT2D eigenvalue weighted by molar-refractivity contribution is -0.0890. The highest BCUT2D eigenvalue weighted by atomic mass is 19.4. The summed E-state index contributed by atoms with van der Waals surface area (Å²) in [6.45, 7) is 0. The van der Waals surface area contributed by atoms with Crippen molar-refractivity contribution in [3.63, 3.8) is 0 Å². The van der Waals surface area contributed by atoms with Gasteiger partial charge < -0.3 is 4.57 Å². The standard InChI is InChI=1S/C12H9F3N2O/c1-17-9(10(18)12(13,14)15)7-16-11(17)8-5-3-2-4-6-8/h2-7H,1H3. The number of carbonyl (C=O) groups is 1. The lowest BCUT2D eigenvalue weighted by Gasteiger charge is -2.07. The van der Waals surface area contributed by atoms with E-state index in [1.165, 1.54) is 7.05 Å². The number of carbonyl (C=O) groups excluding carboxylic acids is 1. The molecule has 0 aliphatic heterocycles. The lowest BCUT2D eigenvalue weighted by atomic mass is 10.2. The molecule has 0 N–H and O–H groups in total. The molecule has 0 atom stereocenters. The largest absolute Gasteiger partial charge is 0.456 e. The third-order valence-electron chi connectivity index (χ3n) is 2.51. The second kappa shape index (κ2) is 4.29. The number of rotatable bonds is 2. The van der Waals surface area contributed by atoms with Gasteiger partial charge in [-0.2, -0.15) is 13.2 Å². The molecule has 0 unspecified atom stereocenters. The van der Waals surface area contributed by atoms with Crippen molar-refractivity contribution in [2.45, 2.75) is 6.18 Å². The SMILES string of the molecule is Cn1c(C(=O)C(F)(F)F)cnc1-c1ccccc1. The minimum Gasteiger partial charge on any atom is -0.324 e. The summed E-state index contributed by atoms with van der Waals surface area (Å²) in [7, 11) is 1.38. The zero-order chi connectivity index (χ0) is 13.3. The molecule has 0 aliphatic carbocycles. The molecule has 94 valence electrons. The molecule has 0 spiro atoms. The first-order valence-corrected chi connectivity index (χ1v) is 5.10. The Morgan fingerprint density at radius 2 is 1.83 bits per heavy atom. The van der Waals surface area contributed by atoms with Gasteiger partial charge in [-0.3, -0.25) is 4.79 Å². The zero-order valence-electron chi connectivity index (χ0n) is 9.40. The Hall–Kier alpha value is -2.11. The van der Waals surface area contributed by atoms with Crippen molar-refractivity contribution < 1.29 is 18.0 Å². The predicted molar refractivity (Wildman–Crippen MR) is 59.0 cm³/mol. The highest BCUT2D eigenvalue weighted by Gasteiger charge is 2.41. The van der Waals surface area contributed by atoms with Crippen LogP contribution in [0.1, 0.15) is 10.5 Å². The molecule has 6 heteroatoms. The predicted octanol–water partition coefficient (Wildman–Crippen LogP) is 2.83. The van der Waals surface area contributed by atoms with E-state index in [4.69, 9.17) is 0 Å². The van der Waals surface area contributed by atoms with Gasteiger partial charge in [-0.15, -0.1) is 0 Å². The normalized spacial score (nSPS) is 11.6. The smallest absolute Gasteiger partial charge is 0.324 e. The Balaban J connectivity index is 2.45. The van der Waals surface area contributed by atoms with Crippen molar-refractivity contribution in [3.05, 3.63) is 42.2 Å². The lowest BCUT2D eigenvalue weighted by Crippen LogP contribution is -2.25. The molecule has 0 radical (unpaired) electrons. The van der Waals surface area contributed by atoms with Crippen molar-refractivity contribution in [1.29, 1.82) is 0 Å². The van der Waals surface area contributed by atoms with Gasteiger partial charge in [0.25, 0.3) is 5.78 Å². The van der Waals surface area contributed by atoms with E-state index in [1.54, 1.807) is 30.3 Å². The first kappa shape index (κ1) is 12.3. The third-order valence-corrected chi connectivity index (χ3v) is 2.51. The molecule has 2 aromatic rings. The summed E-state index contributed by atoms with van der Waals surface area (Å²) in [5, 5.41) is 0. The summed E-state index contributed by atoms with van der Waals surface area (Å²) >= 11 is 0. The fourth-order valence-electron chi connectivity index (χ4n) is 1.62. The number of Topliss-reactive ketones (excluding diaryl/α,β-unsaturated/α-hetero) is 1. The van der Waals surface area contributed by atoms with Gasteiger partial charge in [-0.1, -0.05) is 30.3 Å². The minimum absolute atomic E-state index is 0.322. The van der Waals surface area contributed by atoms with Crippen LogP contribution in [0.2, 0.25) is 0 Å². The molecule has 0 saturated heterocycles. The average molecular weight is 254 g/mol. The summed E-state index contributed by atoms with van der Waals surface area (Å²) in [5.41, 5.74) is 0.183. The number of aromatic nitrogens is 2. The number of hydrogen-bond acceptors (Lipinski definition) is 2. The number of imidazole rings is 1. The van der Waals surface area contributed by atoms with Crippen LogP contribution in [0.4, 0.5) is 13.2 Å². The van der Waals surface area contributed by atoms with Gasteiger partial charge in [-0.25, -0.2) is 4.98 Å². The van der Waals surface area contributed by atoms with Crippen molar-refractivity contribution >= 4 is 5.78 Å². The molecule has 0 bridgehead atoms. The number of nitrogens with zero attached hydrogens (tertiary/aromatic N) is 2. The molecule has 1 aromatic heterocycles. The fourth-order valence-corrected chi connectivity index (χ4v) is 1.62.